The minimum Gasteiger partial charge on any atom is -0.462 e. The van der Waals surface area contributed by atoms with Crippen LogP contribution in [-0.4, -0.2) is 40.9 Å². The van der Waals surface area contributed by atoms with Crippen LogP contribution in [0.2, 0.25) is 0 Å². The van der Waals surface area contributed by atoms with Crippen molar-refractivity contribution in [2.45, 2.75) is 40.2 Å². The maximum atomic E-state index is 13.7. The monoisotopic (exact) mass is 437 g/mol. The van der Waals surface area contributed by atoms with Gasteiger partial charge in [0.25, 0.3) is 5.56 Å². The summed E-state index contributed by atoms with van der Waals surface area (Å²) >= 11 is 0. The summed E-state index contributed by atoms with van der Waals surface area (Å²) in [6.07, 6.45) is -0.707. The number of amides is 1. The van der Waals surface area contributed by atoms with Gasteiger partial charge in [0, 0.05) is 18.1 Å². The molecule has 0 spiro atoms. The van der Waals surface area contributed by atoms with E-state index < -0.39 is 23.2 Å². The second kappa shape index (κ2) is 8.82. The number of carbonyl (C=O) groups is 2. The standard InChI is InChI=1S/C24H27N3O5/c1-7-31-22(29)18-19(26(6)23(30)32-24(3,4)5)17-14-13-15(2)25-20(17)27(21(18)28)16-11-9-8-10-12-16/h8-14H,7H2,1-6H3. The summed E-state index contributed by atoms with van der Waals surface area (Å²) in [7, 11) is 1.46. The van der Waals surface area contributed by atoms with E-state index >= 15 is 0 Å². The Bertz CT molecular complexity index is 1230. The van der Waals surface area contributed by atoms with Crippen molar-refractivity contribution >= 4 is 28.8 Å². The quantitative estimate of drug-likeness (QED) is 0.567. The Morgan fingerprint density at radius 1 is 1.09 bits per heavy atom. The number of rotatable bonds is 4. The van der Waals surface area contributed by atoms with Crippen LogP contribution in [0.1, 0.15) is 43.7 Å². The Balaban J connectivity index is 2.43. The number of pyridine rings is 2. The van der Waals surface area contributed by atoms with Gasteiger partial charge in [-0.2, -0.15) is 0 Å². The van der Waals surface area contributed by atoms with Gasteiger partial charge in [-0.05, 0) is 58.9 Å². The van der Waals surface area contributed by atoms with Crippen molar-refractivity contribution in [1.29, 1.82) is 0 Å². The summed E-state index contributed by atoms with van der Waals surface area (Å²) in [5, 5.41) is 0.440. The Kier molecular flexibility index (Phi) is 6.34. The van der Waals surface area contributed by atoms with E-state index in [-0.39, 0.29) is 17.9 Å². The number of aryl methyl sites for hydroxylation is 1. The predicted octanol–water partition coefficient (Wildman–Crippen LogP) is 4.24. The molecule has 168 valence electrons. The first-order valence-corrected chi connectivity index (χ1v) is 10.3. The molecule has 8 heteroatoms. The van der Waals surface area contributed by atoms with Crippen LogP contribution in [0, 0.1) is 6.92 Å². The van der Waals surface area contributed by atoms with E-state index in [1.165, 1.54) is 11.6 Å². The molecule has 8 nitrogen and oxygen atoms in total. The highest BCUT2D eigenvalue weighted by atomic mass is 16.6. The van der Waals surface area contributed by atoms with Gasteiger partial charge < -0.3 is 9.47 Å². The highest BCUT2D eigenvalue weighted by molar-refractivity contribution is 6.09. The first-order chi connectivity index (χ1) is 15.0. The van der Waals surface area contributed by atoms with Crippen molar-refractivity contribution in [3.05, 3.63) is 64.1 Å². The summed E-state index contributed by atoms with van der Waals surface area (Å²) in [4.78, 5) is 45.3. The van der Waals surface area contributed by atoms with E-state index in [9.17, 15) is 14.4 Å². The third kappa shape index (κ3) is 4.49. The number of aromatic nitrogens is 2. The van der Waals surface area contributed by atoms with E-state index in [0.717, 1.165) is 4.90 Å². The molecule has 0 bridgehead atoms. The number of hydrogen-bond acceptors (Lipinski definition) is 6. The van der Waals surface area contributed by atoms with Gasteiger partial charge in [-0.3, -0.25) is 14.3 Å². The number of carbonyl (C=O) groups excluding carboxylic acids is 2. The van der Waals surface area contributed by atoms with Gasteiger partial charge in [0.15, 0.2) is 0 Å². The largest absolute Gasteiger partial charge is 0.462 e. The van der Waals surface area contributed by atoms with Crippen molar-refractivity contribution < 1.29 is 19.1 Å². The van der Waals surface area contributed by atoms with Crippen LogP contribution in [0.4, 0.5) is 10.5 Å². The molecular formula is C24H27N3O5. The molecule has 0 saturated carbocycles. The topological polar surface area (TPSA) is 90.7 Å². The summed E-state index contributed by atoms with van der Waals surface area (Å²) in [6, 6.07) is 12.4. The second-order valence-electron chi connectivity index (χ2n) is 8.28. The molecule has 0 unspecified atom stereocenters. The molecule has 3 aromatic rings. The summed E-state index contributed by atoms with van der Waals surface area (Å²) in [6.45, 7) is 8.74. The average molecular weight is 437 g/mol. The van der Waals surface area contributed by atoms with Gasteiger partial charge in [-0.15, -0.1) is 0 Å². The fourth-order valence-corrected chi connectivity index (χ4v) is 3.32. The van der Waals surface area contributed by atoms with Crippen molar-refractivity contribution in [2.75, 3.05) is 18.6 Å². The lowest BCUT2D eigenvalue weighted by molar-refractivity contribution is 0.0524. The van der Waals surface area contributed by atoms with Gasteiger partial charge in [0.2, 0.25) is 0 Å². The number of para-hydroxylation sites is 1. The Morgan fingerprint density at radius 2 is 1.75 bits per heavy atom. The first-order valence-electron chi connectivity index (χ1n) is 10.3. The Hall–Kier alpha value is -3.68. The van der Waals surface area contributed by atoms with Gasteiger partial charge in [-0.1, -0.05) is 18.2 Å². The molecule has 0 atom stereocenters. The van der Waals surface area contributed by atoms with Crippen LogP contribution in [0.25, 0.3) is 16.7 Å². The zero-order valence-corrected chi connectivity index (χ0v) is 19.1. The van der Waals surface area contributed by atoms with Gasteiger partial charge in [0.05, 0.1) is 18.0 Å². The molecule has 3 rings (SSSR count). The summed E-state index contributed by atoms with van der Waals surface area (Å²) < 4.78 is 12.0. The van der Waals surface area contributed by atoms with Gasteiger partial charge in [0.1, 0.15) is 16.8 Å². The molecule has 2 heterocycles. The van der Waals surface area contributed by atoms with Crippen molar-refractivity contribution in [3.63, 3.8) is 0 Å². The minimum atomic E-state index is -0.824. The SMILES string of the molecule is CCOC(=O)c1c(N(C)C(=O)OC(C)(C)C)c2ccc(C)nc2n(-c2ccccc2)c1=O. The predicted molar refractivity (Wildman–Crippen MR) is 123 cm³/mol. The third-order valence-corrected chi connectivity index (χ3v) is 4.63. The molecular weight excluding hydrogens is 410 g/mol. The van der Waals surface area contributed by atoms with Crippen molar-refractivity contribution in [2.24, 2.45) is 0 Å². The van der Waals surface area contributed by atoms with Gasteiger partial charge in [-0.25, -0.2) is 14.6 Å². The van der Waals surface area contributed by atoms with E-state index in [0.29, 0.717) is 22.4 Å². The molecule has 0 aliphatic carbocycles. The lowest BCUT2D eigenvalue weighted by atomic mass is 10.1. The van der Waals surface area contributed by atoms with Crippen LogP contribution >= 0.6 is 0 Å². The van der Waals surface area contributed by atoms with Crippen LogP contribution in [0.15, 0.2) is 47.3 Å². The smallest absolute Gasteiger partial charge is 0.414 e. The fourth-order valence-electron chi connectivity index (χ4n) is 3.32. The number of ether oxygens (including phenoxy) is 2. The summed E-state index contributed by atoms with van der Waals surface area (Å²) in [5.74, 6) is -0.824. The molecule has 0 aliphatic heterocycles. The normalized spacial score (nSPS) is 11.3. The highest BCUT2D eigenvalue weighted by Gasteiger charge is 2.31. The average Bonchev–Trinajstić information content (AvgIpc) is 2.71. The minimum absolute atomic E-state index is 0.0728. The van der Waals surface area contributed by atoms with E-state index in [1.807, 2.05) is 6.07 Å². The number of esters is 1. The number of fused-ring (bicyclic) bond motifs is 1. The maximum absolute atomic E-state index is 13.7. The number of anilines is 1. The number of benzene rings is 1. The Labute approximate surface area is 186 Å². The lowest BCUT2D eigenvalue weighted by Crippen LogP contribution is -2.38. The van der Waals surface area contributed by atoms with Crippen LogP contribution < -0.4 is 10.5 Å². The number of nitrogens with zero attached hydrogens (tertiary/aromatic N) is 3. The van der Waals surface area contributed by atoms with Crippen LogP contribution in [0.3, 0.4) is 0 Å². The zero-order chi connectivity index (χ0) is 23.6. The molecule has 0 saturated heterocycles. The van der Waals surface area contributed by atoms with Crippen molar-refractivity contribution in [1.82, 2.24) is 9.55 Å². The van der Waals surface area contributed by atoms with Crippen molar-refractivity contribution in [3.8, 4) is 5.69 Å². The molecule has 1 aromatic carbocycles. The molecule has 1 amide bonds. The van der Waals surface area contributed by atoms with Crippen LogP contribution in [0.5, 0.6) is 0 Å². The molecule has 0 N–H and O–H groups in total. The molecule has 2 aromatic heterocycles. The molecule has 0 radical (unpaired) electrons. The Morgan fingerprint density at radius 3 is 2.34 bits per heavy atom. The zero-order valence-electron chi connectivity index (χ0n) is 19.1. The highest BCUT2D eigenvalue weighted by Crippen LogP contribution is 2.30. The first kappa shape index (κ1) is 23.0. The van der Waals surface area contributed by atoms with E-state index in [4.69, 9.17) is 9.47 Å². The lowest BCUT2D eigenvalue weighted by Gasteiger charge is -2.27. The van der Waals surface area contributed by atoms with Gasteiger partial charge >= 0.3 is 12.1 Å². The maximum Gasteiger partial charge on any atom is 0.414 e. The number of hydrogen-bond donors (Lipinski definition) is 0. The molecule has 0 fully saturated rings. The van der Waals surface area contributed by atoms with E-state index in [1.54, 1.807) is 71.0 Å². The second-order valence-corrected chi connectivity index (χ2v) is 8.28. The van der Waals surface area contributed by atoms with Crippen LogP contribution in [-0.2, 0) is 9.47 Å². The summed E-state index contributed by atoms with van der Waals surface area (Å²) in [5.41, 5.74) is -0.0297. The molecule has 0 aliphatic rings. The van der Waals surface area contributed by atoms with E-state index in [2.05, 4.69) is 4.98 Å². The third-order valence-electron chi connectivity index (χ3n) is 4.63. The fraction of sp³-hybridized carbons (Fsp3) is 0.333. The molecule has 32 heavy (non-hydrogen) atoms.